The summed E-state index contributed by atoms with van der Waals surface area (Å²) in [5.74, 6) is 0.551. The van der Waals surface area contributed by atoms with Crippen LogP contribution in [0, 0.1) is 5.82 Å². The molecule has 0 aliphatic carbocycles. The number of hydrogen-bond acceptors (Lipinski definition) is 5. The number of rotatable bonds is 5. The van der Waals surface area contributed by atoms with Crippen LogP contribution in [0.25, 0.3) is 16.7 Å². The molecule has 28 heavy (non-hydrogen) atoms. The highest BCUT2D eigenvalue weighted by Crippen LogP contribution is 2.29. The van der Waals surface area contributed by atoms with E-state index in [2.05, 4.69) is 9.79 Å². The van der Waals surface area contributed by atoms with Gasteiger partial charge < -0.3 is 14.6 Å². The Bertz CT molecular complexity index is 956. The quantitative estimate of drug-likeness (QED) is 0.522. The fourth-order valence-electron chi connectivity index (χ4n) is 3.65. The van der Waals surface area contributed by atoms with Crippen LogP contribution < -0.4 is 4.74 Å². The molecule has 1 aliphatic rings. The number of fused-ring (bicyclic) bond motifs is 1. The van der Waals surface area contributed by atoms with Crippen molar-refractivity contribution in [1.29, 1.82) is 0 Å². The van der Waals surface area contributed by atoms with Crippen molar-refractivity contribution in [3.8, 4) is 11.4 Å². The van der Waals surface area contributed by atoms with Crippen LogP contribution in [0.2, 0.25) is 6.82 Å². The van der Waals surface area contributed by atoms with E-state index in [1.165, 1.54) is 23.9 Å². The highest BCUT2D eigenvalue weighted by molar-refractivity contribution is 7.98. The number of piperidine rings is 1. The summed E-state index contributed by atoms with van der Waals surface area (Å²) in [7, 11) is -0.399. The molecule has 1 aliphatic heterocycles. The zero-order valence-corrected chi connectivity index (χ0v) is 16.8. The van der Waals surface area contributed by atoms with E-state index in [0.29, 0.717) is 5.52 Å². The van der Waals surface area contributed by atoms with Crippen LogP contribution in [0.4, 0.5) is 4.39 Å². The first kappa shape index (κ1) is 19.3. The van der Waals surface area contributed by atoms with Gasteiger partial charge in [-0.15, -0.1) is 0 Å². The molecule has 0 saturated carbocycles. The summed E-state index contributed by atoms with van der Waals surface area (Å²) in [6.45, 7) is 3.49. The SMILES string of the molecule is CSc1nc2cc(F)ccc2n1-c1ccc(OC2CCN(B(C)O)CC2)cc1. The van der Waals surface area contributed by atoms with Crippen LogP contribution in [0.1, 0.15) is 12.8 Å². The second-order valence-corrected chi connectivity index (χ2v) is 7.82. The monoisotopic (exact) mass is 399 g/mol. The van der Waals surface area contributed by atoms with E-state index in [1.807, 2.05) is 35.1 Å². The number of benzene rings is 2. The van der Waals surface area contributed by atoms with E-state index in [9.17, 15) is 9.41 Å². The van der Waals surface area contributed by atoms with Crippen molar-refractivity contribution in [2.75, 3.05) is 19.3 Å². The minimum absolute atomic E-state index is 0.166. The van der Waals surface area contributed by atoms with Crippen molar-refractivity contribution in [2.45, 2.75) is 30.9 Å². The molecule has 2 heterocycles. The summed E-state index contributed by atoms with van der Waals surface area (Å²) in [6, 6.07) is 12.6. The van der Waals surface area contributed by atoms with Gasteiger partial charge in [-0.05, 0) is 75.4 Å². The Morgan fingerprint density at radius 3 is 2.54 bits per heavy atom. The number of imidazole rings is 1. The normalized spacial score (nSPS) is 15.9. The van der Waals surface area contributed by atoms with Gasteiger partial charge in [-0.25, -0.2) is 9.37 Å². The Labute approximate surface area is 168 Å². The van der Waals surface area contributed by atoms with Crippen molar-refractivity contribution in [3.63, 3.8) is 0 Å². The number of hydrogen-bond donors (Lipinski definition) is 1. The van der Waals surface area contributed by atoms with Gasteiger partial charge in [0.05, 0.1) is 11.0 Å². The van der Waals surface area contributed by atoms with E-state index in [-0.39, 0.29) is 11.9 Å². The summed E-state index contributed by atoms with van der Waals surface area (Å²) in [5, 5.41) is 10.5. The molecule has 0 bridgehead atoms. The molecule has 1 saturated heterocycles. The molecule has 0 spiro atoms. The Balaban J connectivity index is 1.52. The highest BCUT2D eigenvalue weighted by atomic mass is 32.2. The van der Waals surface area contributed by atoms with Gasteiger partial charge in [0.2, 0.25) is 0 Å². The van der Waals surface area contributed by atoms with E-state index in [4.69, 9.17) is 4.74 Å². The van der Waals surface area contributed by atoms with Crippen LogP contribution in [0.5, 0.6) is 5.75 Å². The topological polar surface area (TPSA) is 50.5 Å². The summed E-state index contributed by atoms with van der Waals surface area (Å²) in [5.41, 5.74) is 2.49. The molecule has 1 N–H and O–H groups in total. The second-order valence-electron chi connectivity index (χ2n) is 7.05. The van der Waals surface area contributed by atoms with E-state index in [0.717, 1.165) is 48.0 Å². The Morgan fingerprint density at radius 2 is 1.89 bits per heavy atom. The summed E-state index contributed by atoms with van der Waals surface area (Å²) in [6.07, 6.45) is 3.94. The Hall–Kier alpha value is -2.03. The van der Waals surface area contributed by atoms with E-state index >= 15 is 0 Å². The maximum absolute atomic E-state index is 13.5. The molecule has 4 rings (SSSR count). The third-order valence-electron chi connectivity index (χ3n) is 5.17. The molecule has 0 unspecified atom stereocenters. The second kappa shape index (κ2) is 8.15. The molecular weight excluding hydrogens is 376 g/mol. The molecule has 0 amide bonds. The van der Waals surface area contributed by atoms with Crippen molar-refractivity contribution in [2.24, 2.45) is 0 Å². The smallest absolute Gasteiger partial charge is 0.376 e. The lowest BCUT2D eigenvalue weighted by Gasteiger charge is -2.32. The van der Waals surface area contributed by atoms with Crippen molar-refractivity contribution in [3.05, 3.63) is 48.3 Å². The molecule has 2 aromatic carbocycles. The fourth-order valence-corrected chi connectivity index (χ4v) is 4.23. The van der Waals surface area contributed by atoms with Gasteiger partial charge in [0, 0.05) is 11.8 Å². The fraction of sp³-hybridized carbons (Fsp3) is 0.350. The predicted octanol–water partition coefficient (Wildman–Crippen LogP) is 3.84. The largest absolute Gasteiger partial charge is 0.490 e. The first-order valence-corrected chi connectivity index (χ1v) is 10.7. The molecular formula is C20H23BFN3O2S. The highest BCUT2D eigenvalue weighted by Gasteiger charge is 2.25. The summed E-state index contributed by atoms with van der Waals surface area (Å²) >= 11 is 1.53. The summed E-state index contributed by atoms with van der Waals surface area (Å²) < 4.78 is 21.7. The van der Waals surface area contributed by atoms with Crippen molar-refractivity contribution in [1.82, 2.24) is 14.4 Å². The third kappa shape index (κ3) is 3.90. The number of ether oxygens (including phenoxy) is 1. The van der Waals surface area contributed by atoms with Crippen LogP contribution in [-0.4, -0.2) is 51.9 Å². The molecule has 3 aromatic rings. The van der Waals surface area contributed by atoms with Gasteiger partial charge in [0.1, 0.15) is 17.7 Å². The first-order valence-electron chi connectivity index (χ1n) is 9.46. The van der Waals surface area contributed by atoms with Crippen molar-refractivity contribution < 1.29 is 14.2 Å². The van der Waals surface area contributed by atoms with Gasteiger partial charge in [-0.2, -0.15) is 0 Å². The lowest BCUT2D eigenvalue weighted by atomic mass is 9.82. The van der Waals surface area contributed by atoms with E-state index < -0.39 is 7.05 Å². The Kier molecular flexibility index (Phi) is 5.62. The molecule has 5 nitrogen and oxygen atoms in total. The van der Waals surface area contributed by atoms with Gasteiger partial charge >= 0.3 is 7.05 Å². The van der Waals surface area contributed by atoms with Gasteiger partial charge in [0.15, 0.2) is 5.16 Å². The lowest BCUT2D eigenvalue weighted by Crippen LogP contribution is -2.45. The minimum Gasteiger partial charge on any atom is -0.490 e. The van der Waals surface area contributed by atoms with Gasteiger partial charge in [-0.1, -0.05) is 11.8 Å². The number of aromatic nitrogens is 2. The number of nitrogens with zero attached hydrogens (tertiary/aromatic N) is 3. The zero-order valence-electron chi connectivity index (χ0n) is 16.0. The Morgan fingerprint density at radius 1 is 1.18 bits per heavy atom. The average Bonchev–Trinajstić information content (AvgIpc) is 3.06. The maximum atomic E-state index is 13.5. The maximum Gasteiger partial charge on any atom is 0.376 e. The third-order valence-corrected chi connectivity index (χ3v) is 5.81. The zero-order chi connectivity index (χ0) is 19.7. The summed E-state index contributed by atoms with van der Waals surface area (Å²) in [4.78, 5) is 6.59. The predicted molar refractivity (Wildman–Crippen MR) is 112 cm³/mol. The van der Waals surface area contributed by atoms with Crippen LogP contribution >= 0.6 is 11.8 Å². The molecule has 0 atom stereocenters. The molecule has 8 heteroatoms. The van der Waals surface area contributed by atoms with Gasteiger partial charge in [-0.3, -0.25) is 4.57 Å². The van der Waals surface area contributed by atoms with E-state index in [1.54, 1.807) is 12.9 Å². The lowest BCUT2D eigenvalue weighted by molar-refractivity contribution is 0.128. The molecule has 0 radical (unpaired) electrons. The van der Waals surface area contributed by atoms with Crippen molar-refractivity contribution >= 4 is 29.8 Å². The number of thioether (sulfide) groups is 1. The van der Waals surface area contributed by atoms with Gasteiger partial charge in [0.25, 0.3) is 0 Å². The number of halogens is 1. The van der Waals surface area contributed by atoms with Crippen LogP contribution in [0.3, 0.4) is 0 Å². The minimum atomic E-state index is -0.399. The molecule has 1 fully saturated rings. The molecule has 146 valence electrons. The van der Waals surface area contributed by atoms with Crippen LogP contribution in [-0.2, 0) is 0 Å². The average molecular weight is 399 g/mol. The van der Waals surface area contributed by atoms with Crippen LogP contribution in [0.15, 0.2) is 47.6 Å². The standard InChI is InChI=1S/C20H23BFN3O2S/c1-21(26)24-11-9-17(10-12-24)27-16-6-4-15(5-7-16)25-19-8-3-14(22)13-18(19)23-20(25)28-2/h3-8,13,17,26H,9-12H2,1-2H3. The molecule has 1 aromatic heterocycles. The first-order chi connectivity index (χ1) is 13.5.